The van der Waals surface area contributed by atoms with E-state index in [2.05, 4.69) is 26.8 Å². The summed E-state index contributed by atoms with van der Waals surface area (Å²) in [4.78, 5) is 24.3. The van der Waals surface area contributed by atoms with Crippen LogP contribution in [0.25, 0.3) is 10.8 Å². The van der Waals surface area contributed by atoms with Crippen molar-refractivity contribution in [3.05, 3.63) is 76.0 Å². The minimum absolute atomic E-state index is 0.0114. The number of phenolic OH excluding ortho intramolecular Hbond substituents is 1. The zero-order chi connectivity index (χ0) is 18.0. The van der Waals surface area contributed by atoms with Gasteiger partial charge in [-0.3, -0.25) is 20.4 Å². The van der Waals surface area contributed by atoms with Crippen molar-refractivity contribution in [2.24, 2.45) is 0 Å². The highest BCUT2D eigenvalue weighted by Gasteiger charge is 2.15. The first-order chi connectivity index (χ1) is 12.0. The number of fused-ring (bicyclic) bond motifs is 1. The van der Waals surface area contributed by atoms with Gasteiger partial charge >= 0.3 is 0 Å². The maximum atomic E-state index is 13.3. The molecule has 0 aromatic heterocycles. The molecule has 3 aromatic carbocycles. The minimum atomic E-state index is -0.694. The molecule has 0 saturated heterocycles. The Bertz CT molecular complexity index is 991. The molecule has 0 aliphatic rings. The number of halogens is 2. The van der Waals surface area contributed by atoms with Crippen molar-refractivity contribution in [2.45, 2.75) is 0 Å². The van der Waals surface area contributed by atoms with Gasteiger partial charge in [0.2, 0.25) is 0 Å². The van der Waals surface area contributed by atoms with Crippen LogP contribution in [0.3, 0.4) is 0 Å². The van der Waals surface area contributed by atoms with E-state index in [1.54, 1.807) is 12.1 Å². The van der Waals surface area contributed by atoms with E-state index < -0.39 is 17.6 Å². The summed E-state index contributed by atoms with van der Waals surface area (Å²) >= 11 is 3.14. The SMILES string of the molecule is O=C(NNC(=O)c1cc(F)ccc1Br)c1cc2ccccc2cc1O. The molecule has 0 radical (unpaired) electrons. The molecule has 126 valence electrons. The molecule has 3 aromatic rings. The van der Waals surface area contributed by atoms with Crippen LogP contribution < -0.4 is 10.9 Å². The molecule has 0 aliphatic heterocycles. The maximum Gasteiger partial charge on any atom is 0.273 e. The molecule has 0 unspecified atom stereocenters. The highest BCUT2D eigenvalue weighted by molar-refractivity contribution is 9.10. The second-order valence-electron chi connectivity index (χ2n) is 5.25. The summed E-state index contributed by atoms with van der Waals surface area (Å²) in [5, 5.41) is 11.6. The lowest BCUT2D eigenvalue weighted by atomic mass is 10.1. The third-order valence-electron chi connectivity index (χ3n) is 3.57. The van der Waals surface area contributed by atoms with Crippen molar-refractivity contribution in [1.29, 1.82) is 0 Å². The van der Waals surface area contributed by atoms with E-state index in [0.29, 0.717) is 4.47 Å². The molecule has 25 heavy (non-hydrogen) atoms. The van der Waals surface area contributed by atoms with Crippen LogP contribution in [0.1, 0.15) is 20.7 Å². The highest BCUT2D eigenvalue weighted by Crippen LogP contribution is 2.24. The van der Waals surface area contributed by atoms with E-state index >= 15 is 0 Å². The summed E-state index contributed by atoms with van der Waals surface area (Å²) in [7, 11) is 0. The van der Waals surface area contributed by atoms with Gasteiger partial charge in [0.25, 0.3) is 11.8 Å². The van der Waals surface area contributed by atoms with Gasteiger partial charge in [-0.1, -0.05) is 24.3 Å². The quantitative estimate of drug-likeness (QED) is 0.573. The van der Waals surface area contributed by atoms with Gasteiger partial charge in [-0.15, -0.1) is 0 Å². The van der Waals surface area contributed by atoms with Crippen molar-refractivity contribution < 1.29 is 19.1 Å². The van der Waals surface area contributed by atoms with Gasteiger partial charge in [-0.2, -0.15) is 0 Å². The average Bonchev–Trinajstić information content (AvgIpc) is 2.60. The lowest BCUT2D eigenvalue weighted by Crippen LogP contribution is -2.41. The molecule has 0 saturated carbocycles. The Morgan fingerprint density at radius 1 is 0.880 bits per heavy atom. The normalized spacial score (nSPS) is 10.5. The number of carbonyl (C=O) groups excluding carboxylic acids is 2. The molecule has 3 N–H and O–H groups in total. The summed E-state index contributed by atoms with van der Waals surface area (Å²) in [6.07, 6.45) is 0. The Morgan fingerprint density at radius 2 is 1.48 bits per heavy atom. The summed E-state index contributed by atoms with van der Waals surface area (Å²) in [5.41, 5.74) is 4.44. The van der Waals surface area contributed by atoms with E-state index in [9.17, 15) is 19.1 Å². The van der Waals surface area contributed by atoms with Crippen molar-refractivity contribution in [1.82, 2.24) is 10.9 Å². The highest BCUT2D eigenvalue weighted by atomic mass is 79.9. The number of aromatic hydroxyl groups is 1. The van der Waals surface area contributed by atoms with Crippen LogP contribution in [-0.4, -0.2) is 16.9 Å². The summed E-state index contributed by atoms with van der Waals surface area (Å²) < 4.78 is 13.6. The predicted molar refractivity (Wildman–Crippen MR) is 94.6 cm³/mol. The summed E-state index contributed by atoms with van der Waals surface area (Å²) in [5.74, 6) is -2.17. The van der Waals surface area contributed by atoms with Gasteiger partial charge in [0, 0.05) is 4.47 Å². The van der Waals surface area contributed by atoms with E-state index in [1.165, 1.54) is 24.3 Å². The fourth-order valence-corrected chi connectivity index (χ4v) is 2.76. The number of carbonyl (C=O) groups is 2. The molecule has 0 aliphatic carbocycles. The minimum Gasteiger partial charge on any atom is -0.507 e. The van der Waals surface area contributed by atoms with Gasteiger partial charge < -0.3 is 5.11 Å². The molecule has 5 nitrogen and oxygen atoms in total. The third kappa shape index (κ3) is 3.61. The van der Waals surface area contributed by atoms with Gasteiger partial charge in [0.1, 0.15) is 11.6 Å². The Labute approximate surface area is 150 Å². The van der Waals surface area contributed by atoms with Gasteiger partial charge in [-0.05, 0) is 57.0 Å². The van der Waals surface area contributed by atoms with E-state index in [4.69, 9.17) is 0 Å². The molecule has 0 heterocycles. The monoisotopic (exact) mass is 402 g/mol. The fraction of sp³-hybridized carbons (Fsp3) is 0. The Kier molecular flexibility index (Phi) is 4.67. The number of phenols is 1. The van der Waals surface area contributed by atoms with E-state index in [-0.39, 0.29) is 16.9 Å². The number of hydrogen-bond acceptors (Lipinski definition) is 3. The Hall–Kier alpha value is -2.93. The van der Waals surface area contributed by atoms with Crippen LogP contribution in [0, 0.1) is 5.82 Å². The largest absolute Gasteiger partial charge is 0.507 e. The average molecular weight is 403 g/mol. The smallest absolute Gasteiger partial charge is 0.273 e. The van der Waals surface area contributed by atoms with Crippen LogP contribution in [0.2, 0.25) is 0 Å². The molecule has 2 amide bonds. The van der Waals surface area contributed by atoms with Crippen molar-refractivity contribution in [3.8, 4) is 5.75 Å². The first-order valence-corrected chi connectivity index (χ1v) is 8.02. The fourth-order valence-electron chi connectivity index (χ4n) is 2.33. The maximum absolute atomic E-state index is 13.3. The number of nitrogens with one attached hydrogen (secondary N) is 2. The standard InChI is InChI=1S/C18H12BrFN2O3/c19-15-6-5-12(20)9-13(15)17(24)21-22-18(25)14-7-10-3-1-2-4-11(10)8-16(14)23/h1-9,23H,(H,21,24)(H,22,25). The van der Waals surface area contributed by atoms with Crippen molar-refractivity contribution >= 4 is 38.5 Å². The first kappa shape index (κ1) is 16.9. The van der Waals surface area contributed by atoms with E-state index in [0.717, 1.165) is 16.8 Å². The third-order valence-corrected chi connectivity index (χ3v) is 4.26. The van der Waals surface area contributed by atoms with Crippen LogP contribution in [0.15, 0.2) is 59.1 Å². The number of benzene rings is 3. The Balaban J connectivity index is 1.77. The second-order valence-corrected chi connectivity index (χ2v) is 6.10. The van der Waals surface area contributed by atoms with Crippen molar-refractivity contribution in [3.63, 3.8) is 0 Å². The van der Waals surface area contributed by atoms with Crippen molar-refractivity contribution in [2.75, 3.05) is 0 Å². The molecule has 0 spiro atoms. The molecular formula is C18H12BrFN2O3. The predicted octanol–water partition coefficient (Wildman–Crippen LogP) is 3.52. The molecule has 0 atom stereocenters. The first-order valence-electron chi connectivity index (χ1n) is 7.23. The van der Waals surface area contributed by atoms with Gasteiger partial charge in [0.05, 0.1) is 11.1 Å². The lowest BCUT2D eigenvalue weighted by Gasteiger charge is -2.10. The van der Waals surface area contributed by atoms with Crippen LogP contribution in [0.5, 0.6) is 5.75 Å². The number of amides is 2. The topological polar surface area (TPSA) is 78.4 Å². The molecule has 7 heteroatoms. The van der Waals surface area contributed by atoms with E-state index in [1.807, 2.05) is 12.1 Å². The molecule has 3 rings (SSSR count). The number of rotatable bonds is 2. The molecular weight excluding hydrogens is 391 g/mol. The number of hydrazine groups is 1. The second kappa shape index (κ2) is 6.90. The van der Waals surface area contributed by atoms with Gasteiger partial charge in [-0.25, -0.2) is 4.39 Å². The zero-order valence-electron chi connectivity index (χ0n) is 12.7. The summed E-state index contributed by atoms with van der Waals surface area (Å²) in [6, 6.07) is 13.9. The van der Waals surface area contributed by atoms with Crippen LogP contribution >= 0.6 is 15.9 Å². The van der Waals surface area contributed by atoms with Gasteiger partial charge in [0.15, 0.2) is 0 Å². The molecule has 0 fully saturated rings. The molecule has 0 bridgehead atoms. The Morgan fingerprint density at radius 3 is 2.16 bits per heavy atom. The summed E-state index contributed by atoms with van der Waals surface area (Å²) in [6.45, 7) is 0. The lowest BCUT2D eigenvalue weighted by molar-refractivity contribution is 0.0844. The van der Waals surface area contributed by atoms with Crippen LogP contribution in [-0.2, 0) is 0 Å². The number of hydrogen-bond donors (Lipinski definition) is 3. The zero-order valence-corrected chi connectivity index (χ0v) is 14.3. The van der Waals surface area contributed by atoms with Crippen LogP contribution in [0.4, 0.5) is 4.39 Å².